The third-order valence-corrected chi connectivity index (χ3v) is 4.43. The van der Waals surface area contributed by atoms with Crippen LogP contribution in [-0.4, -0.2) is 43.4 Å². The number of aromatic amines is 1. The molecule has 3 aromatic rings. The highest BCUT2D eigenvalue weighted by molar-refractivity contribution is 7.99. The SMILES string of the molecule is Cc1cc(C)nc(Nc2ccc(C(=O)NCCSc3n[nH]c(C)n3)cc2)n1. The maximum atomic E-state index is 12.2. The summed E-state index contributed by atoms with van der Waals surface area (Å²) in [6.07, 6.45) is 0. The van der Waals surface area contributed by atoms with Gasteiger partial charge in [-0.15, -0.1) is 5.10 Å². The first-order valence-corrected chi connectivity index (χ1v) is 9.47. The molecule has 0 bridgehead atoms. The number of rotatable bonds is 7. The van der Waals surface area contributed by atoms with Crippen molar-refractivity contribution < 1.29 is 4.79 Å². The molecule has 0 unspecified atom stereocenters. The Bertz CT molecular complexity index is 903. The summed E-state index contributed by atoms with van der Waals surface area (Å²) in [5.74, 6) is 1.91. The zero-order chi connectivity index (χ0) is 19.2. The van der Waals surface area contributed by atoms with Gasteiger partial charge in [0.1, 0.15) is 5.82 Å². The Morgan fingerprint density at radius 3 is 2.41 bits per heavy atom. The number of hydrogen-bond acceptors (Lipinski definition) is 7. The molecule has 8 nitrogen and oxygen atoms in total. The van der Waals surface area contributed by atoms with Crippen molar-refractivity contribution in [3.63, 3.8) is 0 Å². The van der Waals surface area contributed by atoms with Crippen LogP contribution in [0.3, 0.4) is 0 Å². The first-order chi connectivity index (χ1) is 13.0. The summed E-state index contributed by atoms with van der Waals surface area (Å²) in [6, 6.07) is 9.13. The van der Waals surface area contributed by atoms with E-state index < -0.39 is 0 Å². The Kier molecular flexibility index (Phi) is 6.02. The molecule has 3 N–H and O–H groups in total. The summed E-state index contributed by atoms with van der Waals surface area (Å²) in [7, 11) is 0. The second-order valence-corrected chi connectivity index (χ2v) is 7.05. The van der Waals surface area contributed by atoms with Crippen LogP contribution >= 0.6 is 11.8 Å². The minimum atomic E-state index is -0.115. The van der Waals surface area contributed by atoms with E-state index in [1.807, 2.05) is 39.0 Å². The van der Waals surface area contributed by atoms with Gasteiger partial charge >= 0.3 is 0 Å². The summed E-state index contributed by atoms with van der Waals surface area (Å²) in [6.45, 7) is 6.24. The fourth-order valence-corrected chi connectivity index (χ4v) is 3.11. The molecule has 9 heteroatoms. The lowest BCUT2D eigenvalue weighted by molar-refractivity contribution is 0.0956. The van der Waals surface area contributed by atoms with E-state index in [2.05, 4.69) is 35.8 Å². The summed E-state index contributed by atoms with van der Waals surface area (Å²) >= 11 is 1.49. The second kappa shape index (κ2) is 8.63. The van der Waals surface area contributed by atoms with Gasteiger partial charge in [-0.05, 0) is 51.1 Å². The molecule has 1 amide bonds. The standard InChI is InChI=1S/C18H21N7OS/c1-11-10-12(2)21-17(20-11)23-15-6-4-14(5-7-15)16(26)19-8-9-27-18-22-13(3)24-25-18/h4-7,10H,8-9H2,1-3H3,(H,19,26)(H,20,21,23)(H,22,24,25). The topological polar surface area (TPSA) is 108 Å². The predicted molar refractivity (Wildman–Crippen MR) is 105 cm³/mol. The zero-order valence-corrected chi connectivity index (χ0v) is 16.2. The minimum absolute atomic E-state index is 0.115. The van der Waals surface area contributed by atoms with Gasteiger partial charge in [-0.1, -0.05) is 11.8 Å². The van der Waals surface area contributed by atoms with Gasteiger partial charge in [0.25, 0.3) is 5.91 Å². The van der Waals surface area contributed by atoms with Crippen molar-refractivity contribution in [2.75, 3.05) is 17.6 Å². The van der Waals surface area contributed by atoms with E-state index >= 15 is 0 Å². The number of benzene rings is 1. The van der Waals surface area contributed by atoms with E-state index in [0.717, 1.165) is 22.9 Å². The van der Waals surface area contributed by atoms with Crippen LogP contribution in [0.2, 0.25) is 0 Å². The maximum absolute atomic E-state index is 12.2. The number of anilines is 2. The summed E-state index contributed by atoms with van der Waals surface area (Å²) in [5.41, 5.74) is 3.23. The monoisotopic (exact) mass is 383 g/mol. The Morgan fingerprint density at radius 2 is 1.78 bits per heavy atom. The molecule has 0 aliphatic heterocycles. The average molecular weight is 383 g/mol. The van der Waals surface area contributed by atoms with Crippen molar-refractivity contribution in [1.82, 2.24) is 30.5 Å². The molecule has 140 valence electrons. The lowest BCUT2D eigenvalue weighted by atomic mass is 10.2. The van der Waals surface area contributed by atoms with Gasteiger partial charge < -0.3 is 10.6 Å². The molecule has 0 atom stereocenters. The number of nitrogens with one attached hydrogen (secondary N) is 3. The number of nitrogens with zero attached hydrogens (tertiary/aromatic N) is 4. The largest absolute Gasteiger partial charge is 0.351 e. The number of aromatic nitrogens is 5. The molecule has 2 aromatic heterocycles. The zero-order valence-electron chi connectivity index (χ0n) is 15.4. The van der Waals surface area contributed by atoms with E-state index in [9.17, 15) is 4.79 Å². The number of H-pyrrole nitrogens is 1. The van der Waals surface area contributed by atoms with Gasteiger partial charge in [0.05, 0.1) is 0 Å². The van der Waals surface area contributed by atoms with E-state index in [-0.39, 0.29) is 5.91 Å². The maximum Gasteiger partial charge on any atom is 0.251 e. The molecule has 0 radical (unpaired) electrons. The number of amides is 1. The van der Waals surface area contributed by atoms with Gasteiger partial charge in [-0.25, -0.2) is 15.0 Å². The van der Waals surface area contributed by atoms with E-state index in [0.29, 0.717) is 29.0 Å². The molecule has 3 rings (SSSR count). The predicted octanol–water partition coefficient (Wildman–Crippen LogP) is 2.79. The molecular formula is C18H21N7OS. The lowest BCUT2D eigenvalue weighted by Gasteiger charge is -2.08. The van der Waals surface area contributed by atoms with Crippen LogP contribution in [0.15, 0.2) is 35.5 Å². The third kappa shape index (κ3) is 5.52. The fourth-order valence-electron chi connectivity index (χ4n) is 2.41. The van der Waals surface area contributed by atoms with Crippen molar-refractivity contribution in [2.24, 2.45) is 0 Å². The van der Waals surface area contributed by atoms with E-state index in [1.165, 1.54) is 11.8 Å². The molecule has 0 aliphatic carbocycles. The molecule has 0 saturated heterocycles. The highest BCUT2D eigenvalue weighted by Gasteiger charge is 2.07. The minimum Gasteiger partial charge on any atom is -0.351 e. The van der Waals surface area contributed by atoms with Crippen LogP contribution in [0, 0.1) is 20.8 Å². The first-order valence-electron chi connectivity index (χ1n) is 8.49. The van der Waals surface area contributed by atoms with Crippen LogP contribution in [-0.2, 0) is 0 Å². The van der Waals surface area contributed by atoms with Crippen LogP contribution < -0.4 is 10.6 Å². The normalized spacial score (nSPS) is 10.6. The Labute approximate surface area is 161 Å². The lowest BCUT2D eigenvalue weighted by Crippen LogP contribution is -2.25. The number of carbonyl (C=O) groups is 1. The molecule has 1 aromatic carbocycles. The number of carbonyl (C=O) groups excluding carboxylic acids is 1. The molecule has 0 fully saturated rings. The molecular weight excluding hydrogens is 362 g/mol. The van der Waals surface area contributed by atoms with Gasteiger partial charge in [0.2, 0.25) is 11.1 Å². The van der Waals surface area contributed by atoms with Gasteiger partial charge in [-0.3, -0.25) is 9.89 Å². The Morgan fingerprint density at radius 1 is 1.07 bits per heavy atom. The van der Waals surface area contributed by atoms with Gasteiger partial charge in [-0.2, -0.15) is 0 Å². The van der Waals surface area contributed by atoms with Crippen LogP contribution in [0.4, 0.5) is 11.6 Å². The summed E-state index contributed by atoms with van der Waals surface area (Å²) in [4.78, 5) is 25.1. The highest BCUT2D eigenvalue weighted by Crippen LogP contribution is 2.15. The second-order valence-electron chi connectivity index (χ2n) is 5.98. The highest BCUT2D eigenvalue weighted by atomic mass is 32.2. The van der Waals surface area contributed by atoms with E-state index in [1.54, 1.807) is 12.1 Å². The van der Waals surface area contributed by atoms with E-state index in [4.69, 9.17) is 0 Å². The van der Waals surface area contributed by atoms with Crippen LogP contribution in [0.1, 0.15) is 27.6 Å². The van der Waals surface area contributed by atoms with Crippen LogP contribution in [0.5, 0.6) is 0 Å². The quantitative estimate of drug-likeness (QED) is 0.425. The van der Waals surface area contributed by atoms with Crippen LogP contribution in [0.25, 0.3) is 0 Å². The Balaban J connectivity index is 1.49. The average Bonchev–Trinajstić information content (AvgIpc) is 3.03. The number of hydrogen-bond donors (Lipinski definition) is 3. The van der Waals surface area contributed by atoms with Crippen molar-refractivity contribution in [3.05, 3.63) is 53.1 Å². The summed E-state index contributed by atoms with van der Waals surface area (Å²) < 4.78 is 0. The summed E-state index contributed by atoms with van der Waals surface area (Å²) in [5, 5.41) is 13.6. The van der Waals surface area contributed by atoms with Crippen molar-refractivity contribution in [3.8, 4) is 0 Å². The molecule has 2 heterocycles. The first kappa shape index (κ1) is 18.8. The number of aryl methyl sites for hydroxylation is 3. The van der Waals surface area contributed by atoms with Crippen molar-refractivity contribution in [1.29, 1.82) is 0 Å². The van der Waals surface area contributed by atoms with Crippen molar-refractivity contribution in [2.45, 2.75) is 25.9 Å². The molecule has 0 spiro atoms. The number of thioether (sulfide) groups is 1. The van der Waals surface area contributed by atoms with Crippen molar-refractivity contribution >= 4 is 29.3 Å². The Hall–Kier alpha value is -2.94. The van der Waals surface area contributed by atoms with Gasteiger partial charge in [0, 0.05) is 34.9 Å². The van der Waals surface area contributed by atoms with Gasteiger partial charge in [0.15, 0.2) is 0 Å². The molecule has 27 heavy (non-hydrogen) atoms. The molecule has 0 aliphatic rings. The third-order valence-electron chi connectivity index (χ3n) is 3.58. The fraction of sp³-hybridized carbons (Fsp3) is 0.278. The smallest absolute Gasteiger partial charge is 0.251 e. The molecule has 0 saturated carbocycles.